The van der Waals surface area contributed by atoms with E-state index in [1.807, 2.05) is 28.8 Å². The van der Waals surface area contributed by atoms with Crippen molar-refractivity contribution in [2.75, 3.05) is 20.1 Å². The number of aliphatic imine (C=N–C) groups is 1. The van der Waals surface area contributed by atoms with Crippen molar-refractivity contribution in [2.24, 2.45) is 4.99 Å². The van der Waals surface area contributed by atoms with Gasteiger partial charge in [0.25, 0.3) is 0 Å². The largest absolute Gasteiger partial charge is 0.357 e. The van der Waals surface area contributed by atoms with Crippen LogP contribution in [0.2, 0.25) is 0 Å². The van der Waals surface area contributed by atoms with Gasteiger partial charge < -0.3 is 10.2 Å². The highest BCUT2D eigenvalue weighted by Crippen LogP contribution is 2.07. The van der Waals surface area contributed by atoms with Crippen molar-refractivity contribution < 1.29 is 0 Å². The third-order valence-electron chi connectivity index (χ3n) is 4.22. The van der Waals surface area contributed by atoms with E-state index in [9.17, 15) is 0 Å². The standard InChI is InChI=1S/C20H26N6.HI/c1-4-21-20(25(3)15-17-10-8-16(2)9-11-17)22-13-12-19-24-23-18-7-5-6-14-26(18)19;/h5-11,14H,4,12-13,15H2,1-3H3,(H,21,22);1H. The van der Waals surface area contributed by atoms with Gasteiger partial charge >= 0.3 is 0 Å². The maximum atomic E-state index is 4.76. The van der Waals surface area contributed by atoms with Crippen LogP contribution in [0.4, 0.5) is 0 Å². The number of rotatable bonds is 6. The van der Waals surface area contributed by atoms with Gasteiger partial charge in [0.2, 0.25) is 0 Å². The van der Waals surface area contributed by atoms with E-state index in [0.29, 0.717) is 6.54 Å². The van der Waals surface area contributed by atoms with Crippen LogP contribution in [0, 0.1) is 6.92 Å². The van der Waals surface area contributed by atoms with E-state index < -0.39 is 0 Å². The summed E-state index contributed by atoms with van der Waals surface area (Å²) in [6.45, 7) is 6.51. The zero-order chi connectivity index (χ0) is 18.4. The number of benzene rings is 1. The summed E-state index contributed by atoms with van der Waals surface area (Å²) >= 11 is 0. The number of aryl methyl sites for hydroxylation is 1. The minimum Gasteiger partial charge on any atom is -0.357 e. The second-order valence-electron chi connectivity index (χ2n) is 6.37. The van der Waals surface area contributed by atoms with Gasteiger partial charge in [-0.2, -0.15) is 0 Å². The fourth-order valence-electron chi connectivity index (χ4n) is 2.84. The summed E-state index contributed by atoms with van der Waals surface area (Å²) in [4.78, 5) is 6.91. The Morgan fingerprint density at radius 2 is 1.93 bits per heavy atom. The predicted molar refractivity (Wildman–Crippen MR) is 121 cm³/mol. The molecule has 0 fully saturated rings. The predicted octanol–water partition coefficient (Wildman–Crippen LogP) is 3.30. The smallest absolute Gasteiger partial charge is 0.193 e. The average Bonchev–Trinajstić information content (AvgIpc) is 3.06. The number of hydrogen-bond acceptors (Lipinski definition) is 3. The van der Waals surface area contributed by atoms with Crippen LogP contribution in [-0.2, 0) is 13.0 Å². The highest BCUT2D eigenvalue weighted by molar-refractivity contribution is 14.0. The molecule has 0 saturated carbocycles. The molecule has 1 N–H and O–H groups in total. The molecule has 0 radical (unpaired) electrons. The van der Waals surface area contributed by atoms with E-state index >= 15 is 0 Å². The average molecular weight is 478 g/mol. The molecule has 0 unspecified atom stereocenters. The number of guanidine groups is 1. The third kappa shape index (κ3) is 5.66. The SMILES string of the molecule is CCNC(=NCCc1nnc2ccccn12)N(C)Cc1ccc(C)cc1.I. The Kier molecular flexibility index (Phi) is 8.02. The monoisotopic (exact) mass is 478 g/mol. The molecule has 1 aromatic carbocycles. The zero-order valence-electron chi connectivity index (χ0n) is 16.1. The first kappa shape index (κ1) is 21.1. The normalized spacial score (nSPS) is 11.3. The van der Waals surface area contributed by atoms with E-state index in [1.165, 1.54) is 11.1 Å². The Morgan fingerprint density at radius 3 is 2.67 bits per heavy atom. The second kappa shape index (κ2) is 10.2. The molecule has 7 heteroatoms. The minimum atomic E-state index is 0. The molecule has 144 valence electrons. The van der Waals surface area contributed by atoms with Crippen LogP contribution in [0.5, 0.6) is 0 Å². The zero-order valence-corrected chi connectivity index (χ0v) is 18.4. The summed E-state index contributed by atoms with van der Waals surface area (Å²) < 4.78 is 2.01. The molecule has 3 aromatic rings. The Labute approximate surface area is 177 Å². The Hall–Kier alpha value is -2.16. The lowest BCUT2D eigenvalue weighted by Crippen LogP contribution is -2.38. The molecule has 6 nitrogen and oxygen atoms in total. The fourth-order valence-corrected chi connectivity index (χ4v) is 2.84. The van der Waals surface area contributed by atoms with Crippen LogP contribution in [-0.4, -0.2) is 45.6 Å². The summed E-state index contributed by atoms with van der Waals surface area (Å²) in [6, 6.07) is 14.5. The fraction of sp³-hybridized carbons (Fsp3) is 0.350. The van der Waals surface area contributed by atoms with Crippen LogP contribution in [0.3, 0.4) is 0 Å². The van der Waals surface area contributed by atoms with Gasteiger partial charge in [-0.05, 0) is 31.5 Å². The maximum Gasteiger partial charge on any atom is 0.193 e. The molecule has 0 aliphatic heterocycles. The molecule has 2 heterocycles. The molecule has 27 heavy (non-hydrogen) atoms. The lowest BCUT2D eigenvalue weighted by Gasteiger charge is -2.22. The van der Waals surface area contributed by atoms with Crippen LogP contribution >= 0.6 is 24.0 Å². The second-order valence-corrected chi connectivity index (χ2v) is 6.37. The maximum absolute atomic E-state index is 4.76. The number of nitrogens with one attached hydrogen (secondary N) is 1. The number of nitrogens with zero attached hydrogens (tertiary/aromatic N) is 5. The van der Waals surface area contributed by atoms with Gasteiger partial charge in [-0.3, -0.25) is 9.39 Å². The minimum absolute atomic E-state index is 0. The van der Waals surface area contributed by atoms with Crippen molar-refractivity contribution in [3.8, 4) is 0 Å². The van der Waals surface area contributed by atoms with Crippen LogP contribution < -0.4 is 5.32 Å². The van der Waals surface area contributed by atoms with Crippen molar-refractivity contribution in [3.63, 3.8) is 0 Å². The van der Waals surface area contributed by atoms with E-state index in [2.05, 4.69) is 65.6 Å². The third-order valence-corrected chi connectivity index (χ3v) is 4.22. The lowest BCUT2D eigenvalue weighted by molar-refractivity contribution is 0.477. The van der Waals surface area contributed by atoms with Crippen LogP contribution in [0.1, 0.15) is 23.9 Å². The van der Waals surface area contributed by atoms with Gasteiger partial charge in [-0.1, -0.05) is 35.9 Å². The van der Waals surface area contributed by atoms with Crippen molar-refractivity contribution in [2.45, 2.75) is 26.8 Å². The molecule has 0 spiro atoms. The number of aromatic nitrogens is 3. The first-order valence-corrected chi connectivity index (χ1v) is 9.01. The highest BCUT2D eigenvalue weighted by atomic mass is 127. The molecule has 0 aliphatic rings. The van der Waals surface area contributed by atoms with Crippen molar-refractivity contribution in [1.82, 2.24) is 24.8 Å². The van der Waals surface area contributed by atoms with E-state index in [4.69, 9.17) is 4.99 Å². The molecule has 0 aliphatic carbocycles. The van der Waals surface area contributed by atoms with Crippen LogP contribution in [0.25, 0.3) is 5.65 Å². The van der Waals surface area contributed by atoms with Crippen molar-refractivity contribution in [1.29, 1.82) is 0 Å². The number of halogens is 1. The molecule has 0 bridgehead atoms. The Balaban J connectivity index is 0.00000261. The molecular weight excluding hydrogens is 451 g/mol. The van der Waals surface area contributed by atoms with Crippen molar-refractivity contribution in [3.05, 3.63) is 65.6 Å². The van der Waals surface area contributed by atoms with Crippen LogP contribution in [0.15, 0.2) is 53.7 Å². The van der Waals surface area contributed by atoms with Gasteiger partial charge in [0.15, 0.2) is 11.6 Å². The molecule has 0 amide bonds. The first-order chi connectivity index (χ1) is 12.7. The Bertz CT molecular complexity index is 872. The quantitative estimate of drug-likeness (QED) is 0.336. The number of pyridine rings is 1. The summed E-state index contributed by atoms with van der Waals surface area (Å²) in [7, 11) is 2.06. The van der Waals surface area contributed by atoms with E-state index in [0.717, 1.165) is 36.9 Å². The molecular formula is C20H27IN6. The van der Waals surface area contributed by atoms with E-state index in [-0.39, 0.29) is 24.0 Å². The van der Waals surface area contributed by atoms with Gasteiger partial charge in [-0.15, -0.1) is 34.2 Å². The van der Waals surface area contributed by atoms with Gasteiger partial charge in [0, 0.05) is 39.3 Å². The van der Waals surface area contributed by atoms with Gasteiger partial charge in [0.1, 0.15) is 5.82 Å². The number of fused-ring (bicyclic) bond motifs is 1. The summed E-state index contributed by atoms with van der Waals surface area (Å²) in [5.74, 6) is 1.84. The van der Waals surface area contributed by atoms with Gasteiger partial charge in [-0.25, -0.2) is 0 Å². The summed E-state index contributed by atoms with van der Waals surface area (Å²) in [6.07, 6.45) is 2.74. The molecule has 2 aromatic heterocycles. The Morgan fingerprint density at radius 1 is 1.15 bits per heavy atom. The highest BCUT2D eigenvalue weighted by Gasteiger charge is 2.08. The van der Waals surface area contributed by atoms with Crippen molar-refractivity contribution >= 4 is 35.6 Å². The molecule has 0 saturated heterocycles. The topological polar surface area (TPSA) is 57.8 Å². The van der Waals surface area contributed by atoms with Gasteiger partial charge in [0.05, 0.1) is 0 Å². The first-order valence-electron chi connectivity index (χ1n) is 9.01. The number of hydrogen-bond donors (Lipinski definition) is 1. The lowest BCUT2D eigenvalue weighted by atomic mass is 10.1. The summed E-state index contributed by atoms with van der Waals surface area (Å²) in [5.41, 5.74) is 3.42. The van der Waals surface area contributed by atoms with E-state index in [1.54, 1.807) is 0 Å². The molecule has 0 atom stereocenters. The summed E-state index contributed by atoms with van der Waals surface area (Å²) in [5, 5.41) is 11.8. The molecule has 3 rings (SSSR count).